The first-order valence-corrected chi connectivity index (χ1v) is 5.82. The minimum absolute atomic E-state index is 0.163. The van der Waals surface area contributed by atoms with Crippen molar-refractivity contribution in [2.24, 2.45) is 0 Å². The molecule has 3 nitrogen and oxygen atoms in total. The van der Waals surface area contributed by atoms with Gasteiger partial charge in [0, 0.05) is 6.54 Å². The van der Waals surface area contributed by atoms with Crippen LogP contribution in [0, 0.1) is 18.6 Å². The van der Waals surface area contributed by atoms with Crippen molar-refractivity contribution in [1.82, 2.24) is 9.78 Å². The minimum atomic E-state index is -0.462. The van der Waals surface area contributed by atoms with Gasteiger partial charge < -0.3 is 5.32 Å². The van der Waals surface area contributed by atoms with Crippen LogP contribution in [-0.2, 0) is 13.1 Å². The Kier molecular flexibility index (Phi) is 3.60. The topological polar surface area (TPSA) is 29.9 Å². The second-order valence-electron chi connectivity index (χ2n) is 4.07. The first-order chi connectivity index (χ1) is 8.60. The number of hydrogen-bond donors (Lipinski definition) is 1. The van der Waals surface area contributed by atoms with Crippen molar-refractivity contribution in [3.8, 4) is 0 Å². The Morgan fingerprint density at radius 2 is 2.06 bits per heavy atom. The van der Waals surface area contributed by atoms with Crippen LogP contribution in [0.15, 0.2) is 24.3 Å². The summed E-state index contributed by atoms with van der Waals surface area (Å²) >= 11 is 0. The molecule has 0 fully saturated rings. The van der Waals surface area contributed by atoms with Crippen LogP contribution in [-0.4, -0.2) is 9.78 Å². The lowest BCUT2D eigenvalue weighted by Crippen LogP contribution is -2.08. The van der Waals surface area contributed by atoms with Crippen molar-refractivity contribution in [3.05, 3.63) is 47.3 Å². The van der Waals surface area contributed by atoms with Crippen molar-refractivity contribution in [3.63, 3.8) is 0 Å². The molecule has 1 heterocycles. The normalized spacial score (nSPS) is 10.7. The summed E-state index contributed by atoms with van der Waals surface area (Å²) in [6.07, 6.45) is 0. The highest BCUT2D eigenvalue weighted by Crippen LogP contribution is 2.16. The zero-order chi connectivity index (χ0) is 13.1. The van der Waals surface area contributed by atoms with Crippen molar-refractivity contribution >= 4 is 5.69 Å². The summed E-state index contributed by atoms with van der Waals surface area (Å²) in [5.74, 6) is -0.922. The molecular formula is C13H15F2N3. The van der Waals surface area contributed by atoms with Gasteiger partial charge in [0.2, 0.25) is 0 Å². The summed E-state index contributed by atoms with van der Waals surface area (Å²) < 4.78 is 28.2. The second kappa shape index (κ2) is 5.16. The van der Waals surface area contributed by atoms with E-state index in [2.05, 4.69) is 10.4 Å². The van der Waals surface area contributed by atoms with Gasteiger partial charge in [-0.25, -0.2) is 8.78 Å². The number of halogens is 2. The van der Waals surface area contributed by atoms with Crippen molar-refractivity contribution in [2.75, 3.05) is 5.32 Å². The number of nitrogens with zero attached hydrogens (tertiary/aromatic N) is 2. The highest BCUT2D eigenvalue weighted by Gasteiger charge is 2.06. The summed E-state index contributed by atoms with van der Waals surface area (Å²) in [6, 6.07) is 5.28. The molecule has 0 atom stereocenters. The minimum Gasteiger partial charge on any atom is -0.377 e. The number of nitrogens with one attached hydrogen (secondary N) is 1. The largest absolute Gasteiger partial charge is 0.377 e. The first kappa shape index (κ1) is 12.5. The average molecular weight is 251 g/mol. The maximum Gasteiger partial charge on any atom is 0.146 e. The van der Waals surface area contributed by atoms with E-state index in [1.165, 1.54) is 0 Å². The third-order valence-corrected chi connectivity index (χ3v) is 2.67. The number of aryl methyl sites for hydroxylation is 2. The van der Waals surface area contributed by atoms with Crippen LogP contribution >= 0.6 is 0 Å². The molecule has 0 unspecified atom stereocenters. The van der Waals surface area contributed by atoms with Crippen LogP contribution in [0.5, 0.6) is 0 Å². The fraction of sp³-hybridized carbons (Fsp3) is 0.308. The Bertz CT molecular complexity index is 549. The average Bonchev–Trinajstić information content (AvgIpc) is 2.71. The molecule has 2 aromatic rings. The third kappa shape index (κ3) is 2.67. The number of rotatable bonds is 4. The van der Waals surface area contributed by atoms with E-state index in [0.29, 0.717) is 6.54 Å². The van der Waals surface area contributed by atoms with E-state index in [0.717, 1.165) is 36.1 Å². The van der Waals surface area contributed by atoms with Gasteiger partial charge in [0.05, 0.1) is 23.6 Å². The van der Waals surface area contributed by atoms with Crippen molar-refractivity contribution in [1.29, 1.82) is 0 Å². The van der Waals surface area contributed by atoms with Crippen LogP contribution in [0.1, 0.15) is 18.3 Å². The molecule has 2 rings (SSSR count). The second-order valence-corrected chi connectivity index (χ2v) is 4.07. The monoisotopic (exact) mass is 251 g/mol. The molecule has 0 radical (unpaired) electrons. The molecule has 1 aromatic heterocycles. The fourth-order valence-corrected chi connectivity index (χ4v) is 1.83. The summed E-state index contributed by atoms with van der Waals surface area (Å²) in [5.41, 5.74) is 2.02. The molecule has 0 saturated heterocycles. The van der Waals surface area contributed by atoms with Gasteiger partial charge in [-0.15, -0.1) is 0 Å². The maximum atomic E-state index is 13.4. The van der Waals surface area contributed by atoms with Crippen LogP contribution in [0.4, 0.5) is 14.5 Å². The lowest BCUT2D eigenvalue weighted by atomic mass is 10.3. The Balaban J connectivity index is 2.13. The zero-order valence-electron chi connectivity index (χ0n) is 10.4. The predicted molar refractivity (Wildman–Crippen MR) is 66.3 cm³/mol. The lowest BCUT2D eigenvalue weighted by molar-refractivity contribution is 0.599. The fourth-order valence-electron chi connectivity index (χ4n) is 1.83. The molecule has 5 heteroatoms. The molecule has 0 aliphatic rings. The third-order valence-electron chi connectivity index (χ3n) is 2.67. The number of benzene rings is 1. The van der Waals surface area contributed by atoms with Crippen LogP contribution in [0.3, 0.4) is 0 Å². The van der Waals surface area contributed by atoms with Gasteiger partial charge in [-0.3, -0.25) is 4.68 Å². The highest BCUT2D eigenvalue weighted by atomic mass is 19.1. The van der Waals surface area contributed by atoms with Gasteiger partial charge in [-0.1, -0.05) is 0 Å². The van der Waals surface area contributed by atoms with Crippen LogP contribution < -0.4 is 5.32 Å². The maximum absolute atomic E-state index is 13.4. The molecular weight excluding hydrogens is 236 g/mol. The summed E-state index contributed by atoms with van der Waals surface area (Å²) in [4.78, 5) is 0. The van der Waals surface area contributed by atoms with E-state index in [4.69, 9.17) is 0 Å². The van der Waals surface area contributed by atoms with E-state index in [1.807, 2.05) is 24.6 Å². The smallest absolute Gasteiger partial charge is 0.146 e. The molecule has 0 aliphatic heterocycles. The Hall–Kier alpha value is -1.91. The van der Waals surface area contributed by atoms with Gasteiger partial charge in [-0.05, 0) is 38.1 Å². The number of hydrogen-bond acceptors (Lipinski definition) is 2. The summed E-state index contributed by atoms with van der Waals surface area (Å²) in [6.45, 7) is 5.04. The van der Waals surface area contributed by atoms with Gasteiger partial charge in [0.25, 0.3) is 0 Å². The van der Waals surface area contributed by atoms with E-state index < -0.39 is 11.6 Å². The predicted octanol–water partition coefficient (Wildman–Crippen LogP) is 3.10. The van der Waals surface area contributed by atoms with E-state index in [9.17, 15) is 8.78 Å². The highest BCUT2D eigenvalue weighted by molar-refractivity contribution is 5.45. The zero-order valence-corrected chi connectivity index (χ0v) is 10.4. The Morgan fingerprint density at radius 3 is 2.78 bits per heavy atom. The van der Waals surface area contributed by atoms with E-state index in [-0.39, 0.29) is 5.69 Å². The van der Waals surface area contributed by atoms with E-state index >= 15 is 0 Å². The molecule has 0 spiro atoms. The lowest BCUT2D eigenvalue weighted by Gasteiger charge is -2.08. The van der Waals surface area contributed by atoms with Gasteiger partial charge in [0.1, 0.15) is 11.6 Å². The van der Waals surface area contributed by atoms with Gasteiger partial charge in [-0.2, -0.15) is 5.10 Å². The van der Waals surface area contributed by atoms with Crippen LogP contribution in [0.25, 0.3) is 0 Å². The van der Waals surface area contributed by atoms with Gasteiger partial charge in [0.15, 0.2) is 0 Å². The molecule has 1 N–H and O–H groups in total. The van der Waals surface area contributed by atoms with Crippen molar-refractivity contribution < 1.29 is 8.78 Å². The van der Waals surface area contributed by atoms with Crippen LogP contribution in [0.2, 0.25) is 0 Å². The quantitative estimate of drug-likeness (QED) is 0.904. The Labute approximate surface area is 104 Å². The first-order valence-electron chi connectivity index (χ1n) is 5.82. The summed E-state index contributed by atoms with van der Waals surface area (Å²) in [7, 11) is 0. The molecule has 0 aliphatic carbocycles. The standard InChI is InChI=1S/C13H15F2N3/c1-3-18-11(6-9(2)17-18)8-16-13-7-10(14)4-5-12(13)15/h4-7,16H,3,8H2,1-2H3. The Morgan fingerprint density at radius 1 is 1.28 bits per heavy atom. The molecule has 1 aromatic carbocycles. The van der Waals surface area contributed by atoms with E-state index in [1.54, 1.807) is 0 Å². The molecule has 0 amide bonds. The summed E-state index contributed by atoms with van der Waals surface area (Å²) in [5, 5.41) is 7.17. The number of aromatic nitrogens is 2. The van der Waals surface area contributed by atoms with Gasteiger partial charge >= 0.3 is 0 Å². The SMILES string of the molecule is CCn1nc(C)cc1CNc1cc(F)ccc1F. The molecule has 0 bridgehead atoms. The number of anilines is 1. The molecule has 0 saturated carbocycles. The van der Waals surface area contributed by atoms with Crippen molar-refractivity contribution in [2.45, 2.75) is 26.9 Å². The molecule has 18 heavy (non-hydrogen) atoms. The molecule has 96 valence electrons.